The number of ether oxygens (including phenoxy) is 3. The highest BCUT2D eigenvalue weighted by Gasteiger charge is 2.47. The summed E-state index contributed by atoms with van der Waals surface area (Å²) in [6, 6.07) is 16.7. The number of pyridine rings is 1. The Balaban J connectivity index is 1.42. The molecule has 2 atom stereocenters. The predicted molar refractivity (Wildman–Crippen MR) is 136 cm³/mol. The molecule has 0 bridgehead atoms. The number of aromatic nitrogens is 1. The molecule has 0 radical (unpaired) electrons. The molecule has 6 rings (SSSR count). The first kappa shape index (κ1) is 21.9. The standard InChI is InChI=1S/C28H30N4O3/c1-18(2)12-22-16-32(10-11-33-22)21-6-8-26-24(14-21)28(17-34-27(29)31-28)23-13-19(5-7-25(23)35-26)20-4-3-9-30-15-20/h3-9,13-15,18,22H,10-12,16-17H2,1-2H3,(H2,29,31)/t22-,28+/m1/s1. The maximum absolute atomic E-state index is 6.38. The molecule has 0 amide bonds. The Morgan fingerprint density at radius 1 is 1.09 bits per heavy atom. The van der Waals surface area contributed by atoms with Gasteiger partial charge in [-0.25, -0.2) is 4.99 Å². The highest BCUT2D eigenvalue weighted by molar-refractivity contribution is 5.78. The highest BCUT2D eigenvalue weighted by Crippen LogP contribution is 2.52. The van der Waals surface area contributed by atoms with Crippen LogP contribution < -0.4 is 15.4 Å². The largest absolute Gasteiger partial charge is 0.462 e. The third-order valence-corrected chi connectivity index (χ3v) is 7.02. The van der Waals surface area contributed by atoms with E-state index in [-0.39, 0.29) is 12.1 Å². The summed E-state index contributed by atoms with van der Waals surface area (Å²) in [6.45, 7) is 7.26. The maximum Gasteiger partial charge on any atom is 0.283 e. The molecule has 2 N–H and O–H groups in total. The van der Waals surface area contributed by atoms with E-state index in [1.165, 1.54) is 0 Å². The number of amidine groups is 1. The average Bonchev–Trinajstić information content (AvgIpc) is 3.26. The van der Waals surface area contributed by atoms with Crippen LogP contribution in [0.3, 0.4) is 0 Å². The third-order valence-electron chi connectivity index (χ3n) is 7.02. The summed E-state index contributed by atoms with van der Waals surface area (Å²) >= 11 is 0. The van der Waals surface area contributed by atoms with Crippen LogP contribution in [0.25, 0.3) is 11.1 Å². The number of benzene rings is 2. The van der Waals surface area contributed by atoms with E-state index in [9.17, 15) is 0 Å². The van der Waals surface area contributed by atoms with Crippen LogP contribution in [0.5, 0.6) is 11.5 Å². The zero-order valence-corrected chi connectivity index (χ0v) is 20.1. The Morgan fingerprint density at radius 2 is 1.91 bits per heavy atom. The fraction of sp³-hybridized carbons (Fsp3) is 0.357. The first-order valence-electron chi connectivity index (χ1n) is 12.2. The number of anilines is 1. The smallest absolute Gasteiger partial charge is 0.283 e. The summed E-state index contributed by atoms with van der Waals surface area (Å²) in [5.41, 5.74) is 10.5. The number of hydrogen-bond donors (Lipinski definition) is 1. The number of fused-ring (bicyclic) bond motifs is 4. The van der Waals surface area contributed by atoms with E-state index in [4.69, 9.17) is 24.9 Å². The van der Waals surface area contributed by atoms with Crippen LogP contribution in [0.4, 0.5) is 5.69 Å². The maximum atomic E-state index is 6.38. The summed E-state index contributed by atoms with van der Waals surface area (Å²) in [6.07, 6.45) is 4.92. The molecule has 3 aliphatic heterocycles. The van der Waals surface area contributed by atoms with Gasteiger partial charge in [-0.1, -0.05) is 26.0 Å². The molecule has 1 aromatic heterocycles. The van der Waals surface area contributed by atoms with Gasteiger partial charge in [0.25, 0.3) is 6.02 Å². The van der Waals surface area contributed by atoms with Crippen molar-refractivity contribution in [2.24, 2.45) is 16.6 Å². The first-order valence-corrected chi connectivity index (χ1v) is 12.2. The van der Waals surface area contributed by atoms with Crippen molar-refractivity contribution < 1.29 is 14.2 Å². The second-order valence-corrected chi connectivity index (χ2v) is 9.90. The molecule has 2 aromatic carbocycles. The number of nitrogens with two attached hydrogens (primary N) is 1. The lowest BCUT2D eigenvalue weighted by molar-refractivity contribution is 0.0276. The number of hydrogen-bond acceptors (Lipinski definition) is 7. The van der Waals surface area contributed by atoms with Crippen molar-refractivity contribution in [1.29, 1.82) is 0 Å². The fourth-order valence-electron chi connectivity index (χ4n) is 5.37. The Bertz CT molecular complexity index is 1280. The molecular weight excluding hydrogens is 440 g/mol. The van der Waals surface area contributed by atoms with Crippen molar-refractivity contribution in [3.63, 3.8) is 0 Å². The normalized spacial score (nSPS) is 22.9. The minimum absolute atomic E-state index is 0.198. The second-order valence-electron chi connectivity index (χ2n) is 9.90. The molecule has 4 heterocycles. The summed E-state index contributed by atoms with van der Waals surface area (Å²) in [5.74, 6) is 2.14. The monoisotopic (exact) mass is 470 g/mol. The van der Waals surface area contributed by atoms with E-state index in [1.54, 1.807) is 6.20 Å². The van der Waals surface area contributed by atoms with Crippen LogP contribution >= 0.6 is 0 Å². The van der Waals surface area contributed by atoms with Gasteiger partial charge >= 0.3 is 0 Å². The first-order chi connectivity index (χ1) is 17.0. The lowest BCUT2D eigenvalue weighted by Gasteiger charge is -2.38. The number of morpholine rings is 1. The van der Waals surface area contributed by atoms with Crippen molar-refractivity contribution in [3.8, 4) is 22.6 Å². The molecule has 3 aromatic rings. The van der Waals surface area contributed by atoms with Gasteiger partial charge in [0.15, 0.2) is 5.54 Å². The quantitative estimate of drug-likeness (QED) is 0.596. The minimum Gasteiger partial charge on any atom is -0.462 e. The topological polar surface area (TPSA) is 82.2 Å². The Kier molecular flexibility index (Phi) is 5.37. The van der Waals surface area contributed by atoms with E-state index in [0.29, 0.717) is 12.5 Å². The zero-order valence-electron chi connectivity index (χ0n) is 20.1. The van der Waals surface area contributed by atoms with Crippen molar-refractivity contribution >= 4 is 11.7 Å². The minimum atomic E-state index is -0.759. The molecule has 3 aliphatic rings. The molecule has 35 heavy (non-hydrogen) atoms. The third kappa shape index (κ3) is 3.90. The molecule has 1 fully saturated rings. The molecule has 0 saturated carbocycles. The molecular formula is C28H30N4O3. The molecule has 7 nitrogen and oxygen atoms in total. The van der Waals surface area contributed by atoms with Crippen LogP contribution in [0, 0.1) is 5.92 Å². The highest BCUT2D eigenvalue weighted by atomic mass is 16.5. The molecule has 180 valence electrons. The second kappa shape index (κ2) is 8.57. The summed E-state index contributed by atoms with van der Waals surface area (Å²) in [5, 5.41) is 0. The van der Waals surface area contributed by atoms with Crippen LogP contribution in [-0.4, -0.2) is 43.4 Å². The van der Waals surface area contributed by atoms with Crippen LogP contribution in [0.1, 0.15) is 31.4 Å². The van der Waals surface area contributed by atoms with Gasteiger partial charge in [-0.15, -0.1) is 0 Å². The van der Waals surface area contributed by atoms with Crippen molar-refractivity contribution in [2.45, 2.75) is 31.9 Å². The van der Waals surface area contributed by atoms with Gasteiger partial charge in [0, 0.05) is 47.9 Å². The Labute approximate surface area is 205 Å². The van der Waals surface area contributed by atoms with Crippen LogP contribution in [-0.2, 0) is 15.0 Å². The van der Waals surface area contributed by atoms with Gasteiger partial charge in [0.1, 0.15) is 18.1 Å². The van der Waals surface area contributed by atoms with Gasteiger partial charge in [-0.3, -0.25) is 4.98 Å². The zero-order chi connectivity index (χ0) is 24.0. The van der Waals surface area contributed by atoms with Crippen LogP contribution in [0.2, 0.25) is 0 Å². The molecule has 0 aliphatic carbocycles. The molecule has 1 spiro atoms. The van der Waals surface area contributed by atoms with E-state index in [0.717, 1.165) is 65.6 Å². The lowest BCUT2D eigenvalue weighted by atomic mass is 9.80. The number of nitrogens with zero attached hydrogens (tertiary/aromatic N) is 3. The summed E-state index contributed by atoms with van der Waals surface area (Å²) in [4.78, 5) is 11.5. The molecule has 0 unspecified atom stereocenters. The van der Waals surface area contributed by atoms with Crippen LogP contribution in [0.15, 0.2) is 65.9 Å². The fourth-order valence-corrected chi connectivity index (χ4v) is 5.37. The summed E-state index contributed by atoms with van der Waals surface area (Å²) < 4.78 is 18.2. The molecule has 7 heteroatoms. The number of aliphatic imine (C=N–C) groups is 1. The van der Waals surface area contributed by atoms with E-state index >= 15 is 0 Å². The van der Waals surface area contributed by atoms with Gasteiger partial charge in [-0.05, 0) is 54.3 Å². The van der Waals surface area contributed by atoms with Gasteiger partial charge in [0.05, 0.1) is 12.7 Å². The van der Waals surface area contributed by atoms with Gasteiger partial charge < -0.3 is 24.8 Å². The Morgan fingerprint density at radius 3 is 2.66 bits per heavy atom. The van der Waals surface area contributed by atoms with Gasteiger partial charge in [-0.2, -0.15) is 0 Å². The number of rotatable bonds is 4. The van der Waals surface area contributed by atoms with Crippen molar-refractivity contribution in [1.82, 2.24) is 4.98 Å². The van der Waals surface area contributed by atoms with Crippen molar-refractivity contribution in [3.05, 3.63) is 72.1 Å². The van der Waals surface area contributed by atoms with Crippen molar-refractivity contribution in [2.75, 3.05) is 31.2 Å². The lowest BCUT2D eigenvalue weighted by Crippen LogP contribution is -2.43. The molecule has 1 saturated heterocycles. The van der Waals surface area contributed by atoms with E-state index in [1.807, 2.05) is 36.5 Å². The average molecular weight is 471 g/mol. The van der Waals surface area contributed by atoms with E-state index < -0.39 is 5.54 Å². The summed E-state index contributed by atoms with van der Waals surface area (Å²) in [7, 11) is 0. The predicted octanol–water partition coefficient (Wildman–Crippen LogP) is 4.69. The Hall–Kier alpha value is -3.58. The SMILES string of the molecule is CC(C)C[C@@H]1CN(c2ccc3c(c2)[C@]2(COC(N)=N2)c2cc(-c4cccnc4)ccc2O3)CCO1. The van der Waals surface area contributed by atoms with E-state index in [2.05, 4.69) is 41.9 Å². The van der Waals surface area contributed by atoms with Gasteiger partial charge in [0.2, 0.25) is 0 Å².